The van der Waals surface area contributed by atoms with Crippen LogP contribution in [0.15, 0.2) is 182 Å². The van der Waals surface area contributed by atoms with Crippen molar-refractivity contribution in [3.8, 4) is 0 Å². The van der Waals surface area contributed by atoms with Crippen molar-refractivity contribution >= 4 is 5.91 Å². The molecule has 2 fully saturated rings. The van der Waals surface area contributed by atoms with E-state index in [-0.39, 0.29) is 45.5 Å². The summed E-state index contributed by atoms with van der Waals surface area (Å²) < 4.78 is 60.2. The highest BCUT2D eigenvalue weighted by atomic mass is 16.7. The van der Waals surface area contributed by atoms with Crippen LogP contribution in [-0.4, -0.2) is 85.6 Å². The largest absolute Gasteiger partial charge is 0.374 e. The number of ether oxygens (including phenoxy) is 9. The normalized spacial score (nSPS) is 24.9. The Morgan fingerprint density at radius 3 is 1.15 bits per heavy atom. The van der Waals surface area contributed by atoms with E-state index < -0.39 is 61.3 Å². The van der Waals surface area contributed by atoms with Crippen molar-refractivity contribution in [2.75, 3.05) is 13.2 Å². The van der Waals surface area contributed by atoms with E-state index in [2.05, 4.69) is 5.32 Å². The Morgan fingerprint density at radius 2 is 0.765 bits per heavy atom. The minimum atomic E-state index is -1.55. The van der Waals surface area contributed by atoms with Crippen LogP contribution >= 0.6 is 0 Å². The first-order valence-electron chi connectivity index (χ1n) is 23.2. The van der Waals surface area contributed by atoms with Gasteiger partial charge >= 0.3 is 0 Å². The summed E-state index contributed by atoms with van der Waals surface area (Å²) in [6.07, 6.45) is -8.95. The molecule has 2 aliphatic rings. The number of aliphatic hydroxyl groups excluding tert-OH is 1. The first-order valence-corrected chi connectivity index (χ1v) is 23.2. The third kappa shape index (κ3) is 14.2. The Kier molecular flexibility index (Phi) is 18.4. The second-order valence-corrected chi connectivity index (χ2v) is 17.0. The molecule has 356 valence electrons. The quantitative estimate of drug-likeness (QED) is 0.0647. The third-order valence-corrected chi connectivity index (χ3v) is 11.8. The fourth-order valence-electron chi connectivity index (χ4n) is 8.46. The molecule has 8 rings (SSSR count). The van der Waals surface area contributed by atoms with Gasteiger partial charge in [-0.1, -0.05) is 182 Å². The van der Waals surface area contributed by atoms with Crippen LogP contribution < -0.4 is 5.32 Å². The number of rotatable bonds is 23. The number of aliphatic hydroxyl groups is 1. The highest BCUT2D eigenvalue weighted by Gasteiger charge is 2.54. The second kappa shape index (κ2) is 25.7. The molecule has 0 bridgehead atoms. The number of amides is 1. The van der Waals surface area contributed by atoms with Crippen molar-refractivity contribution in [1.29, 1.82) is 0 Å². The van der Waals surface area contributed by atoms with E-state index in [4.69, 9.17) is 42.6 Å². The van der Waals surface area contributed by atoms with Gasteiger partial charge in [0, 0.05) is 6.92 Å². The molecule has 2 saturated heterocycles. The highest BCUT2D eigenvalue weighted by molar-refractivity contribution is 5.73. The summed E-state index contributed by atoms with van der Waals surface area (Å²) in [5.41, 5.74) is 5.66. The lowest BCUT2D eigenvalue weighted by atomic mass is 9.94. The first-order chi connectivity index (χ1) is 33.5. The molecule has 12 nitrogen and oxygen atoms in total. The lowest BCUT2D eigenvalue weighted by molar-refractivity contribution is -0.362. The maximum Gasteiger partial charge on any atom is 0.217 e. The highest BCUT2D eigenvalue weighted by Crippen LogP contribution is 2.35. The maximum atomic E-state index is 13.3. The molecule has 68 heavy (non-hydrogen) atoms. The molecular weight excluding hydrogens is 863 g/mol. The fourth-order valence-corrected chi connectivity index (χ4v) is 8.46. The molecule has 0 spiro atoms. The van der Waals surface area contributed by atoms with Gasteiger partial charge in [-0.05, 0) is 33.4 Å². The smallest absolute Gasteiger partial charge is 0.217 e. The Hall–Kier alpha value is -5.61. The van der Waals surface area contributed by atoms with Crippen molar-refractivity contribution < 1.29 is 52.5 Å². The van der Waals surface area contributed by atoms with Crippen LogP contribution in [0.3, 0.4) is 0 Å². The van der Waals surface area contributed by atoms with Gasteiger partial charge in [0.05, 0.1) is 52.9 Å². The Morgan fingerprint density at radius 1 is 0.441 bits per heavy atom. The summed E-state index contributed by atoms with van der Waals surface area (Å²) in [5, 5.41) is 15.3. The van der Waals surface area contributed by atoms with Gasteiger partial charge in [-0.15, -0.1) is 0 Å². The molecule has 2 heterocycles. The minimum Gasteiger partial charge on any atom is -0.374 e. The van der Waals surface area contributed by atoms with Crippen LogP contribution in [0.5, 0.6) is 0 Å². The molecule has 12 heteroatoms. The molecule has 0 aromatic heterocycles. The average Bonchev–Trinajstić information content (AvgIpc) is 3.37. The predicted octanol–water partition coefficient (Wildman–Crippen LogP) is 8.09. The van der Waals surface area contributed by atoms with Gasteiger partial charge in [0.1, 0.15) is 48.8 Å². The minimum absolute atomic E-state index is 0.0769. The zero-order chi connectivity index (χ0) is 46.8. The fraction of sp³-hybridized carbons (Fsp3) is 0.339. The number of nitrogens with one attached hydrogen (secondary N) is 1. The van der Waals surface area contributed by atoms with E-state index in [9.17, 15) is 9.90 Å². The monoisotopic (exact) mass is 923 g/mol. The van der Waals surface area contributed by atoms with Gasteiger partial charge in [0.15, 0.2) is 12.6 Å². The van der Waals surface area contributed by atoms with Crippen LogP contribution in [-0.2, 0) is 87.1 Å². The van der Waals surface area contributed by atoms with Gasteiger partial charge in [-0.2, -0.15) is 0 Å². The van der Waals surface area contributed by atoms with Crippen LogP contribution in [0.4, 0.5) is 0 Å². The summed E-state index contributed by atoms with van der Waals surface area (Å²) in [5.74, 6) is -0.349. The number of carbonyl (C=O) groups is 1. The topological polar surface area (TPSA) is 132 Å². The molecule has 0 unspecified atom stereocenters. The molecule has 10 atom stereocenters. The molecule has 1 amide bonds. The molecular formula is C56H61NO11. The lowest BCUT2D eigenvalue weighted by Crippen LogP contribution is -2.68. The summed E-state index contributed by atoms with van der Waals surface area (Å²) in [6, 6.07) is 57.9. The molecule has 0 saturated carbocycles. The molecule has 2 N–H and O–H groups in total. The van der Waals surface area contributed by atoms with Gasteiger partial charge in [-0.3, -0.25) is 4.79 Å². The zero-order valence-corrected chi connectivity index (χ0v) is 38.3. The van der Waals surface area contributed by atoms with Crippen molar-refractivity contribution in [2.45, 2.75) is 108 Å². The molecule has 2 aliphatic heterocycles. The predicted molar refractivity (Wildman–Crippen MR) is 254 cm³/mol. The standard InChI is InChI=1S/C56H61NO11/c1-40(58)57-49-52(64-36-45-28-16-6-17-29-45)50(62-34-43-24-12-4-13-25-43)48(39-61-33-42-22-10-3-11-23-42)67-56(49)68-54-53(65-37-46-30-18-7-19-31-46)51(63-35-44-26-14-5-15-27-44)47(66-55(54)59)38-60-32-41-20-8-2-9-21-41/h2-31,47-56,59H,32-39H2,1H3,(H,57,58)/t47-,48-,49-,50-,51-,52-,53+,54-,55-,56-/m1/s1. The number of carbonyl (C=O) groups excluding carboxylic acids is 1. The maximum absolute atomic E-state index is 13.3. The van der Waals surface area contributed by atoms with E-state index in [1.165, 1.54) is 6.92 Å². The number of hydrogen-bond acceptors (Lipinski definition) is 11. The average molecular weight is 924 g/mol. The summed E-state index contributed by atoms with van der Waals surface area (Å²) in [7, 11) is 0. The van der Waals surface area contributed by atoms with E-state index >= 15 is 0 Å². The molecule has 0 aliphatic carbocycles. The van der Waals surface area contributed by atoms with Gasteiger partial charge in [0.2, 0.25) is 5.91 Å². The molecule has 6 aromatic carbocycles. The van der Waals surface area contributed by atoms with E-state index in [0.29, 0.717) is 13.2 Å². The molecule has 6 aromatic rings. The summed E-state index contributed by atoms with van der Waals surface area (Å²) >= 11 is 0. The van der Waals surface area contributed by atoms with E-state index in [1.54, 1.807) is 0 Å². The lowest BCUT2D eigenvalue weighted by Gasteiger charge is -2.49. The van der Waals surface area contributed by atoms with Gasteiger partial charge < -0.3 is 53.1 Å². The van der Waals surface area contributed by atoms with Crippen molar-refractivity contribution in [3.05, 3.63) is 215 Å². The summed E-state index contributed by atoms with van der Waals surface area (Å²) in [6.45, 7) is 3.00. The Labute approximate surface area is 399 Å². The van der Waals surface area contributed by atoms with Crippen molar-refractivity contribution in [2.24, 2.45) is 0 Å². The van der Waals surface area contributed by atoms with Crippen LogP contribution in [0, 0.1) is 0 Å². The SMILES string of the molecule is CC(=O)N[C@H]1[C@@H](O[C@@H]2[C@@H](OCc3ccccc3)[C@H](OCc3ccccc3)[C@@H](COCc3ccccc3)O[C@H]2O)O[C@H](COCc2ccccc2)[C@@H](OCc2ccccc2)[C@@H]1OCc1ccccc1. The van der Waals surface area contributed by atoms with E-state index in [1.807, 2.05) is 182 Å². The third-order valence-electron chi connectivity index (χ3n) is 11.8. The molecule has 0 radical (unpaired) electrons. The van der Waals surface area contributed by atoms with Gasteiger partial charge in [-0.25, -0.2) is 0 Å². The van der Waals surface area contributed by atoms with Crippen LogP contribution in [0.2, 0.25) is 0 Å². The summed E-state index contributed by atoms with van der Waals surface area (Å²) in [4.78, 5) is 13.3. The Bertz CT molecular complexity index is 2330. The zero-order valence-electron chi connectivity index (χ0n) is 38.3. The van der Waals surface area contributed by atoms with Crippen LogP contribution in [0.25, 0.3) is 0 Å². The number of benzene rings is 6. The van der Waals surface area contributed by atoms with Crippen molar-refractivity contribution in [1.82, 2.24) is 5.32 Å². The number of hydrogen-bond donors (Lipinski definition) is 2. The van der Waals surface area contributed by atoms with E-state index in [0.717, 1.165) is 33.4 Å². The van der Waals surface area contributed by atoms with Crippen LogP contribution in [0.1, 0.15) is 40.3 Å². The second-order valence-electron chi connectivity index (χ2n) is 17.0. The first kappa shape index (κ1) is 48.8. The Balaban J connectivity index is 1.13. The van der Waals surface area contributed by atoms with Crippen molar-refractivity contribution in [3.63, 3.8) is 0 Å². The van der Waals surface area contributed by atoms with Gasteiger partial charge in [0.25, 0.3) is 0 Å².